The first-order valence-corrected chi connectivity index (χ1v) is 14.8. The van der Waals surface area contributed by atoms with Gasteiger partial charge in [0.05, 0.1) is 31.5 Å². The van der Waals surface area contributed by atoms with Gasteiger partial charge in [-0.05, 0) is 61.6 Å². The lowest BCUT2D eigenvalue weighted by Gasteiger charge is -2.34. The van der Waals surface area contributed by atoms with Crippen molar-refractivity contribution in [1.29, 1.82) is 0 Å². The largest absolute Gasteiger partial charge is 0.376 e. The number of nitrogens with zero attached hydrogens (tertiary/aromatic N) is 3. The van der Waals surface area contributed by atoms with Gasteiger partial charge in [0.25, 0.3) is 5.91 Å². The van der Waals surface area contributed by atoms with Gasteiger partial charge in [-0.2, -0.15) is 0 Å². The van der Waals surface area contributed by atoms with E-state index in [0.29, 0.717) is 19.0 Å². The Labute approximate surface area is 258 Å². The van der Waals surface area contributed by atoms with E-state index in [2.05, 4.69) is 34.6 Å². The maximum Gasteiger partial charge on any atom is 0.253 e. The molecule has 1 saturated heterocycles. The number of amides is 3. The fraction of sp³-hybridized carbons (Fsp3) is 0.353. The number of hydrogen-bond donors (Lipinski definition) is 3. The molecule has 2 heterocycles. The molecule has 1 aliphatic rings. The van der Waals surface area contributed by atoms with Crippen LogP contribution in [0.2, 0.25) is 0 Å². The van der Waals surface area contributed by atoms with E-state index < -0.39 is 17.0 Å². The summed E-state index contributed by atoms with van der Waals surface area (Å²) >= 11 is 0. The van der Waals surface area contributed by atoms with Gasteiger partial charge in [-0.25, -0.2) is 4.98 Å². The van der Waals surface area contributed by atoms with Crippen LogP contribution in [0.3, 0.4) is 0 Å². The van der Waals surface area contributed by atoms with E-state index in [1.807, 2.05) is 64.9 Å². The van der Waals surface area contributed by atoms with Gasteiger partial charge in [0.2, 0.25) is 11.8 Å². The second-order valence-corrected chi connectivity index (χ2v) is 11.7. The second-order valence-electron chi connectivity index (χ2n) is 11.7. The molecule has 4 aromatic rings. The van der Waals surface area contributed by atoms with Gasteiger partial charge in [0.1, 0.15) is 5.54 Å². The molecular formula is C34H42N6O4. The minimum absolute atomic E-state index is 0.0323. The third-order valence-corrected chi connectivity index (χ3v) is 7.71. The standard InChI is InChI=1S/C30H32N4O3.C4H10N2O/c1-30(29(36)33-16-7-8-17-33,26-14-13-24-11-5-6-12-25(24)19-26)34-20-27(31-22-34)32-28(35)15-18-37-21-23-9-3-2-4-10-23;1-4(2,6)3(5)7/h2-6,9-14,19-20,22H,7-8,15-18,21H2,1H3,(H,32,35);6H2,1-2H3,(H2,5,7). The number of anilines is 1. The van der Waals surface area contributed by atoms with Gasteiger partial charge in [-0.15, -0.1) is 0 Å². The number of hydrogen-bond acceptors (Lipinski definition) is 6. The molecule has 3 amide bonds. The number of primary amides is 1. The van der Waals surface area contributed by atoms with Crippen LogP contribution in [-0.4, -0.2) is 57.4 Å². The molecule has 0 aliphatic carbocycles. The molecule has 1 aliphatic heterocycles. The highest BCUT2D eigenvalue weighted by atomic mass is 16.5. The average Bonchev–Trinajstić information content (AvgIpc) is 3.72. The number of imidazole rings is 1. The molecule has 10 heteroatoms. The molecule has 5 rings (SSSR count). The van der Waals surface area contributed by atoms with Crippen LogP contribution in [-0.2, 0) is 31.3 Å². The van der Waals surface area contributed by atoms with Gasteiger partial charge in [0.15, 0.2) is 5.82 Å². The van der Waals surface area contributed by atoms with E-state index in [1.165, 1.54) is 0 Å². The molecule has 1 unspecified atom stereocenters. The zero-order valence-electron chi connectivity index (χ0n) is 25.7. The van der Waals surface area contributed by atoms with Crippen LogP contribution in [0.4, 0.5) is 5.82 Å². The Kier molecular flexibility index (Phi) is 10.5. The SMILES string of the molecule is CC(C(=O)N1CCCC1)(c1ccc2ccccc2c1)n1cnc(NC(=O)CCOCc2ccccc2)c1.CC(C)(N)C(N)=O. The maximum atomic E-state index is 13.9. The van der Waals surface area contributed by atoms with Crippen molar-refractivity contribution in [2.45, 2.75) is 57.7 Å². The van der Waals surface area contributed by atoms with Crippen LogP contribution >= 0.6 is 0 Å². The lowest BCUT2D eigenvalue weighted by Crippen LogP contribution is -2.48. The lowest BCUT2D eigenvalue weighted by atomic mass is 9.88. The molecule has 232 valence electrons. The Morgan fingerprint density at radius 1 is 0.932 bits per heavy atom. The summed E-state index contributed by atoms with van der Waals surface area (Å²) in [4.78, 5) is 42.9. The molecule has 44 heavy (non-hydrogen) atoms. The van der Waals surface area contributed by atoms with Crippen molar-refractivity contribution in [2.24, 2.45) is 11.5 Å². The number of nitrogens with two attached hydrogens (primary N) is 2. The third-order valence-electron chi connectivity index (χ3n) is 7.71. The van der Waals surface area contributed by atoms with E-state index >= 15 is 0 Å². The topological polar surface area (TPSA) is 146 Å². The number of rotatable bonds is 10. The van der Waals surface area contributed by atoms with Gasteiger partial charge in [0, 0.05) is 19.3 Å². The van der Waals surface area contributed by atoms with Crippen LogP contribution in [0.1, 0.15) is 51.2 Å². The summed E-state index contributed by atoms with van der Waals surface area (Å²) in [7, 11) is 0. The number of benzene rings is 3. The number of fused-ring (bicyclic) bond motifs is 1. The number of ether oxygens (including phenoxy) is 1. The monoisotopic (exact) mass is 598 g/mol. The molecule has 0 bridgehead atoms. The Morgan fingerprint density at radius 2 is 1.57 bits per heavy atom. The summed E-state index contributed by atoms with van der Waals surface area (Å²) in [5.41, 5.74) is 10.1. The zero-order valence-corrected chi connectivity index (χ0v) is 25.7. The van der Waals surface area contributed by atoms with E-state index in [0.717, 1.165) is 47.8 Å². The summed E-state index contributed by atoms with van der Waals surface area (Å²) < 4.78 is 7.45. The quantitative estimate of drug-likeness (QED) is 0.234. The lowest BCUT2D eigenvalue weighted by molar-refractivity contribution is -0.137. The molecule has 5 N–H and O–H groups in total. The first-order chi connectivity index (χ1) is 21.0. The molecule has 0 saturated carbocycles. The number of likely N-dealkylation sites (tertiary alicyclic amines) is 1. The minimum atomic E-state index is -0.997. The summed E-state index contributed by atoms with van der Waals surface area (Å²) in [6.45, 7) is 7.34. The van der Waals surface area contributed by atoms with Crippen molar-refractivity contribution in [3.63, 3.8) is 0 Å². The summed E-state index contributed by atoms with van der Waals surface area (Å²) in [6.07, 6.45) is 5.61. The molecule has 1 aromatic heterocycles. The molecular weight excluding hydrogens is 556 g/mol. The zero-order chi connectivity index (χ0) is 31.7. The smallest absolute Gasteiger partial charge is 0.253 e. The van der Waals surface area contributed by atoms with Crippen molar-refractivity contribution in [3.8, 4) is 0 Å². The Morgan fingerprint density at radius 3 is 2.23 bits per heavy atom. The highest BCUT2D eigenvalue weighted by molar-refractivity contribution is 5.92. The fourth-order valence-electron chi connectivity index (χ4n) is 4.87. The molecule has 3 aromatic carbocycles. The van der Waals surface area contributed by atoms with E-state index in [9.17, 15) is 14.4 Å². The third kappa shape index (κ3) is 8.09. The van der Waals surface area contributed by atoms with E-state index in [4.69, 9.17) is 16.2 Å². The van der Waals surface area contributed by atoms with Crippen LogP contribution in [0, 0.1) is 0 Å². The number of carbonyl (C=O) groups excluding carboxylic acids is 3. The maximum absolute atomic E-state index is 13.9. The fourth-order valence-corrected chi connectivity index (χ4v) is 4.87. The first-order valence-electron chi connectivity index (χ1n) is 14.8. The Bertz CT molecular complexity index is 1570. The summed E-state index contributed by atoms with van der Waals surface area (Å²) in [5.74, 6) is -0.219. The van der Waals surface area contributed by atoms with Crippen LogP contribution < -0.4 is 16.8 Å². The normalized spacial score (nSPS) is 14.4. The average molecular weight is 599 g/mol. The Balaban J connectivity index is 0.000000566. The van der Waals surface area contributed by atoms with Gasteiger partial charge in [-0.3, -0.25) is 14.4 Å². The number of nitrogens with one attached hydrogen (secondary N) is 1. The van der Waals surface area contributed by atoms with Crippen molar-refractivity contribution >= 4 is 34.3 Å². The molecule has 1 atom stereocenters. The van der Waals surface area contributed by atoms with Crippen molar-refractivity contribution in [1.82, 2.24) is 14.5 Å². The number of aromatic nitrogens is 2. The van der Waals surface area contributed by atoms with Crippen LogP contribution in [0.25, 0.3) is 10.8 Å². The van der Waals surface area contributed by atoms with Gasteiger partial charge >= 0.3 is 0 Å². The van der Waals surface area contributed by atoms with Gasteiger partial charge < -0.3 is 31.0 Å². The predicted molar refractivity (Wildman–Crippen MR) is 172 cm³/mol. The molecule has 1 fully saturated rings. The van der Waals surface area contributed by atoms with Crippen molar-refractivity contribution < 1.29 is 19.1 Å². The van der Waals surface area contributed by atoms with Crippen molar-refractivity contribution in [3.05, 3.63) is 96.4 Å². The Hall–Kier alpha value is -4.54. The van der Waals surface area contributed by atoms with Crippen LogP contribution in [0.15, 0.2) is 85.3 Å². The molecule has 0 radical (unpaired) electrons. The summed E-state index contributed by atoms with van der Waals surface area (Å²) in [6, 6.07) is 24.1. The highest BCUT2D eigenvalue weighted by Gasteiger charge is 2.41. The van der Waals surface area contributed by atoms with Gasteiger partial charge in [-0.1, -0.05) is 66.7 Å². The van der Waals surface area contributed by atoms with E-state index in [-0.39, 0.29) is 18.2 Å². The molecule has 0 spiro atoms. The summed E-state index contributed by atoms with van der Waals surface area (Å²) in [5, 5.41) is 5.04. The van der Waals surface area contributed by atoms with E-state index in [1.54, 1.807) is 26.4 Å². The van der Waals surface area contributed by atoms with Crippen LogP contribution in [0.5, 0.6) is 0 Å². The predicted octanol–water partition coefficient (Wildman–Crippen LogP) is 4.18. The van der Waals surface area contributed by atoms with Crippen molar-refractivity contribution in [2.75, 3.05) is 25.0 Å². The highest BCUT2D eigenvalue weighted by Crippen LogP contribution is 2.33. The second kappa shape index (κ2) is 14.3. The number of carbonyl (C=O) groups is 3. The minimum Gasteiger partial charge on any atom is -0.376 e. The first kappa shape index (κ1) is 32.4. The molecule has 10 nitrogen and oxygen atoms in total.